The summed E-state index contributed by atoms with van der Waals surface area (Å²) in [4.78, 5) is 25.1. The predicted molar refractivity (Wildman–Crippen MR) is 120 cm³/mol. The monoisotopic (exact) mass is 452 g/mol. The average molecular weight is 453 g/mol. The highest BCUT2D eigenvalue weighted by Gasteiger charge is 2.27. The minimum Gasteiger partial charge on any atom is -0.497 e. The second-order valence-electron chi connectivity index (χ2n) is 5.85. The van der Waals surface area contributed by atoms with Crippen molar-refractivity contribution < 1.29 is 28.5 Å². The molecule has 0 amide bonds. The van der Waals surface area contributed by atoms with Gasteiger partial charge in [-0.15, -0.1) is 11.3 Å². The maximum atomic E-state index is 12.5. The molecule has 0 spiro atoms. The van der Waals surface area contributed by atoms with Gasteiger partial charge in [-0.2, -0.15) is 0 Å². The van der Waals surface area contributed by atoms with E-state index in [1.807, 2.05) is 0 Å². The molecule has 1 aromatic heterocycles. The first-order valence-electron chi connectivity index (χ1n) is 9.13. The Labute approximate surface area is 184 Å². The van der Waals surface area contributed by atoms with Crippen molar-refractivity contribution in [2.45, 2.75) is 20.8 Å². The van der Waals surface area contributed by atoms with E-state index in [2.05, 4.69) is 10.6 Å². The van der Waals surface area contributed by atoms with Crippen molar-refractivity contribution in [2.24, 2.45) is 0 Å². The lowest BCUT2D eigenvalue weighted by Gasteiger charge is -2.14. The van der Waals surface area contributed by atoms with E-state index in [4.69, 9.17) is 31.2 Å². The normalized spacial score (nSPS) is 10.2. The smallest absolute Gasteiger partial charge is 0.348 e. The number of esters is 2. The van der Waals surface area contributed by atoms with E-state index >= 15 is 0 Å². The number of benzene rings is 1. The molecule has 0 aliphatic heterocycles. The summed E-state index contributed by atoms with van der Waals surface area (Å²) in [5.74, 6) is 0.107. The Bertz CT molecular complexity index is 942. The summed E-state index contributed by atoms with van der Waals surface area (Å²) < 4.78 is 20.8. The zero-order valence-electron chi connectivity index (χ0n) is 17.4. The second kappa shape index (κ2) is 10.8. The molecule has 0 fully saturated rings. The molecule has 0 unspecified atom stereocenters. The third-order valence-corrected chi connectivity index (χ3v) is 5.36. The number of thiocarbonyl (C=S) groups is 1. The van der Waals surface area contributed by atoms with E-state index < -0.39 is 11.9 Å². The van der Waals surface area contributed by atoms with E-state index in [1.165, 1.54) is 7.11 Å². The fourth-order valence-electron chi connectivity index (χ4n) is 2.60. The molecule has 2 aromatic rings. The molecule has 0 saturated heterocycles. The Balaban J connectivity index is 2.32. The molecule has 10 heteroatoms. The number of carbonyl (C=O) groups is 2. The SMILES string of the molecule is CCOC(=O)c1sc(NC(=S)Nc2ccc(OC)cc2OC)c(C(=O)OCC)c1C. The molecule has 1 aromatic carbocycles. The van der Waals surface area contributed by atoms with Crippen LogP contribution in [0.3, 0.4) is 0 Å². The third-order valence-electron chi connectivity index (χ3n) is 3.97. The fourth-order valence-corrected chi connectivity index (χ4v) is 3.97. The standard InChI is InChI=1S/C20H24N2O6S2/c1-6-27-18(23)15-11(3)16(19(24)28-7-2)30-17(15)22-20(29)21-13-9-8-12(25-4)10-14(13)26-5/h8-10H,6-7H2,1-5H3,(H2,21,22,29). The highest BCUT2D eigenvalue weighted by molar-refractivity contribution is 7.80. The Morgan fingerprint density at radius 3 is 2.30 bits per heavy atom. The fraction of sp³-hybridized carbons (Fsp3) is 0.350. The quantitative estimate of drug-likeness (QED) is 0.450. The Hall–Kier alpha value is -2.85. The lowest BCUT2D eigenvalue weighted by molar-refractivity contribution is 0.0527. The number of anilines is 2. The third kappa shape index (κ3) is 5.39. The summed E-state index contributed by atoms with van der Waals surface area (Å²) >= 11 is 6.47. The Kier molecular flexibility index (Phi) is 8.43. The largest absolute Gasteiger partial charge is 0.497 e. The first kappa shape index (κ1) is 23.4. The van der Waals surface area contributed by atoms with Crippen LogP contribution in [0, 0.1) is 6.92 Å². The van der Waals surface area contributed by atoms with Gasteiger partial charge in [0.1, 0.15) is 21.4 Å². The van der Waals surface area contributed by atoms with Crippen molar-refractivity contribution in [3.8, 4) is 11.5 Å². The first-order valence-corrected chi connectivity index (χ1v) is 10.4. The second-order valence-corrected chi connectivity index (χ2v) is 7.28. The summed E-state index contributed by atoms with van der Waals surface area (Å²) in [6.07, 6.45) is 0. The van der Waals surface area contributed by atoms with Gasteiger partial charge in [-0.3, -0.25) is 0 Å². The molecule has 0 saturated carbocycles. The van der Waals surface area contributed by atoms with Gasteiger partial charge in [-0.25, -0.2) is 9.59 Å². The van der Waals surface area contributed by atoms with Crippen molar-refractivity contribution in [3.05, 3.63) is 34.2 Å². The van der Waals surface area contributed by atoms with Crippen LogP contribution in [0.15, 0.2) is 18.2 Å². The van der Waals surface area contributed by atoms with Crippen LogP contribution < -0.4 is 20.1 Å². The summed E-state index contributed by atoms with van der Waals surface area (Å²) in [7, 11) is 3.09. The lowest BCUT2D eigenvalue weighted by Crippen LogP contribution is -2.20. The summed E-state index contributed by atoms with van der Waals surface area (Å²) in [5, 5.41) is 6.60. The van der Waals surface area contributed by atoms with Gasteiger partial charge in [0.2, 0.25) is 0 Å². The van der Waals surface area contributed by atoms with Gasteiger partial charge >= 0.3 is 11.9 Å². The number of rotatable bonds is 8. The van der Waals surface area contributed by atoms with Crippen LogP contribution in [-0.2, 0) is 9.47 Å². The molecule has 30 heavy (non-hydrogen) atoms. The lowest BCUT2D eigenvalue weighted by atomic mass is 10.1. The molecule has 2 rings (SSSR count). The molecule has 1 heterocycles. The van der Waals surface area contributed by atoms with Crippen molar-refractivity contribution in [1.82, 2.24) is 0 Å². The molecular formula is C20H24N2O6S2. The van der Waals surface area contributed by atoms with Crippen LogP contribution in [0.5, 0.6) is 11.5 Å². The van der Waals surface area contributed by atoms with Gasteiger partial charge in [0.05, 0.1) is 38.7 Å². The average Bonchev–Trinajstić information content (AvgIpc) is 3.04. The van der Waals surface area contributed by atoms with Crippen molar-refractivity contribution in [1.29, 1.82) is 0 Å². The number of thiophene rings is 1. The van der Waals surface area contributed by atoms with Crippen LogP contribution in [0.1, 0.15) is 39.4 Å². The zero-order chi connectivity index (χ0) is 22.3. The summed E-state index contributed by atoms with van der Waals surface area (Å²) in [5.41, 5.74) is 1.33. The number of ether oxygens (including phenoxy) is 4. The van der Waals surface area contributed by atoms with Gasteiger partial charge in [-0.1, -0.05) is 0 Å². The van der Waals surface area contributed by atoms with Crippen LogP contribution >= 0.6 is 23.6 Å². The highest BCUT2D eigenvalue weighted by Crippen LogP contribution is 2.35. The van der Waals surface area contributed by atoms with Gasteiger partial charge in [0.15, 0.2) is 5.11 Å². The van der Waals surface area contributed by atoms with Gasteiger partial charge in [0.25, 0.3) is 0 Å². The number of methoxy groups -OCH3 is 2. The number of hydrogen-bond donors (Lipinski definition) is 2. The summed E-state index contributed by atoms with van der Waals surface area (Å²) in [6, 6.07) is 5.22. The molecule has 0 atom stereocenters. The van der Waals surface area contributed by atoms with Crippen LogP contribution in [0.25, 0.3) is 0 Å². The van der Waals surface area contributed by atoms with Crippen LogP contribution in [0.2, 0.25) is 0 Å². The van der Waals surface area contributed by atoms with Crippen LogP contribution in [0.4, 0.5) is 10.7 Å². The Morgan fingerprint density at radius 1 is 1.03 bits per heavy atom. The molecule has 2 N–H and O–H groups in total. The molecule has 8 nitrogen and oxygen atoms in total. The van der Waals surface area contributed by atoms with Gasteiger partial charge in [-0.05, 0) is 50.7 Å². The first-order chi connectivity index (χ1) is 14.4. The van der Waals surface area contributed by atoms with E-state index in [1.54, 1.807) is 46.1 Å². The molecule has 0 aliphatic carbocycles. The maximum Gasteiger partial charge on any atom is 0.348 e. The summed E-state index contributed by atoms with van der Waals surface area (Å²) in [6.45, 7) is 5.52. The minimum absolute atomic E-state index is 0.202. The molecule has 0 radical (unpaired) electrons. The molecule has 162 valence electrons. The topological polar surface area (TPSA) is 95.1 Å². The minimum atomic E-state index is -0.547. The number of nitrogens with one attached hydrogen (secondary N) is 2. The zero-order valence-corrected chi connectivity index (χ0v) is 19.0. The Morgan fingerprint density at radius 2 is 1.70 bits per heavy atom. The van der Waals surface area contributed by atoms with E-state index in [0.29, 0.717) is 32.6 Å². The van der Waals surface area contributed by atoms with Gasteiger partial charge in [0, 0.05) is 6.07 Å². The maximum absolute atomic E-state index is 12.5. The van der Waals surface area contributed by atoms with Crippen molar-refractivity contribution in [3.63, 3.8) is 0 Å². The van der Waals surface area contributed by atoms with Crippen molar-refractivity contribution >= 4 is 51.3 Å². The van der Waals surface area contributed by atoms with Gasteiger partial charge < -0.3 is 29.6 Å². The van der Waals surface area contributed by atoms with E-state index in [-0.39, 0.29) is 23.9 Å². The van der Waals surface area contributed by atoms with E-state index in [9.17, 15) is 9.59 Å². The number of carbonyl (C=O) groups excluding carboxylic acids is 2. The molecular weight excluding hydrogens is 428 g/mol. The number of hydrogen-bond acceptors (Lipinski definition) is 8. The van der Waals surface area contributed by atoms with E-state index in [0.717, 1.165) is 11.3 Å². The van der Waals surface area contributed by atoms with Crippen LogP contribution in [-0.4, -0.2) is 44.5 Å². The highest BCUT2D eigenvalue weighted by atomic mass is 32.1. The molecule has 0 aliphatic rings. The molecule has 0 bridgehead atoms. The van der Waals surface area contributed by atoms with Crippen molar-refractivity contribution in [2.75, 3.05) is 38.1 Å². The predicted octanol–water partition coefficient (Wildman–Crippen LogP) is 4.24.